The number of benzene rings is 2. The summed E-state index contributed by atoms with van der Waals surface area (Å²) in [6.45, 7) is 3.77. The molecule has 0 saturated carbocycles. The number of hydrogen-bond donors (Lipinski definition) is 0. The van der Waals surface area contributed by atoms with Crippen LogP contribution in [0.4, 0.5) is 5.69 Å². The van der Waals surface area contributed by atoms with Crippen molar-refractivity contribution in [1.29, 1.82) is 5.26 Å². The lowest BCUT2D eigenvalue weighted by Gasteiger charge is -2.16. The van der Waals surface area contributed by atoms with Gasteiger partial charge in [0.15, 0.2) is 6.19 Å². The van der Waals surface area contributed by atoms with Gasteiger partial charge in [0, 0.05) is 0 Å². The fraction of sp³-hybridized carbons (Fsp3) is 0.133. The molecule has 4 nitrogen and oxygen atoms in total. The third-order valence-electron chi connectivity index (χ3n) is 2.92. The van der Waals surface area contributed by atoms with Crippen molar-refractivity contribution < 1.29 is 8.42 Å². The van der Waals surface area contributed by atoms with Crippen LogP contribution in [-0.4, -0.2) is 8.42 Å². The highest BCUT2D eigenvalue weighted by molar-refractivity contribution is 7.93. The third kappa shape index (κ3) is 2.65. The Hall–Kier alpha value is -2.32. The highest BCUT2D eigenvalue weighted by Crippen LogP contribution is 2.23. The Morgan fingerprint density at radius 1 is 0.900 bits per heavy atom. The average Bonchev–Trinajstić information content (AvgIpc) is 2.42. The molecule has 2 aromatic carbocycles. The lowest BCUT2D eigenvalue weighted by molar-refractivity contribution is 0.596. The maximum atomic E-state index is 12.5. The van der Waals surface area contributed by atoms with E-state index >= 15 is 0 Å². The normalized spacial score (nSPS) is 10.8. The molecule has 0 heterocycles. The molecule has 0 unspecified atom stereocenters. The minimum Gasteiger partial charge on any atom is -0.200 e. The van der Waals surface area contributed by atoms with Crippen molar-refractivity contribution in [3.05, 3.63) is 59.7 Å². The smallest absolute Gasteiger partial charge is 0.200 e. The quantitative estimate of drug-likeness (QED) is 0.643. The first-order valence-corrected chi connectivity index (χ1v) is 7.47. The zero-order valence-corrected chi connectivity index (χ0v) is 12.1. The molecule has 0 fully saturated rings. The molecule has 2 rings (SSSR count). The van der Waals surface area contributed by atoms with Crippen molar-refractivity contribution >= 4 is 15.7 Å². The van der Waals surface area contributed by atoms with Crippen LogP contribution in [0.15, 0.2) is 53.4 Å². The molecule has 0 radical (unpaired) electrons. The van der Waals surface area contributed by atoms with E-state index in [9.17, 15) is 13.7 Å². The van der Waals surface area contributed by atoms with Crippen LogP contribution in [0.25, 0.3) is 0 Å². The predicted molar refractivity (Wildman–Crippen MR) is 77.6 cm³/mol. The summed E-state index contributed by atoms with van der Waals surface area (Å²) in [5.41, 5.74) is 2.29. The Morgan fingerprint density at radius 3 is 1.80 bits per heavy atom. The highest BCUT2D eigenvalue weighted by atomic mass is 32.2. The molecule has 5 heteroatoms. The Bertz CT molecular complexity index is 742. The van der Waals surface area contributed by atoms with Crippen LogP contribution in [0.3, 0.4) is 0 Å². The van der Waals surface area contributed by atoms with E-state index in [1.807, 2.05) is 13.8 Å². The fourth-order valence-corrected chi connectivity index (χ4v) is 2.94. The van der Waals surface area contributed by atoms with Crippen molar-refractivity contribution in [3.8, 4) is 6.19 Å². The molecule has 0 amide bonds. The van der Waals surface area contributed by atoms with Crippen LogP contribution in [-0.2, 0) is 10.0 Å². The Kier molecular flexibility index (Phi) is 3.77. The topological polar surface area (TPSA) is 61.2 Å². The summed E-state index contributed by atoms with van der Waals surface area (Å²) in [7, 11) is -3.86. The Labute approximate surface area is 118 Å². The molecular weight excluding hydrogens is 272 g/mol. The van der Waals surface area contributed by atoms with E-state index in [1.165, 1.54) is 12.1 Å². The van der Waals surface area contributed by atoms with Gasteiger partial charge in [0.05, 0.1) is 10.6 Å². The molecule has 0 spiro atoms. The van der Waals surface area contributed by atoms with Gasteiger partial charge in [0.2, 0.25) is 0 Å². The van der Waals surface area contributed by atoms with Crippen molar-refractivity contribution in [3.63, 3.8) is 0 Å². The van der Waals surface area contributed by atoms with E-state index in [1.54, 1.807) is 42.6 Å². The zero-order valence-electron chi connectivity index (χ0n) is 11.2. The minimum atomic E-state index is -3.86. The van der Waals surface area contributed by atoms with Gasteiger partial charge >= 0.3 is 0 Å². The van der Waals surface area contributed by atoms with E-state index < -0.39 is 10.0 Å². The molecule has 0 aliphatic heterocycles. The summed E-state index contributed by atoms with van der Waals surface area (Å²) in [6.07, 6.45) is 1.74. The lowest BCUT2D eigenvalue weighted by atomic mass is 10.2. The number of nitriles is 1. The van der Waals surface area contributed by atoms with Gasteiger partial charge in [-0.2, -0.15) is 18.0 Å². The molecule has 0 N–H and O–H groups in total. The van der Waals surface area contributed by atoms with E-state index in [0.29, 0.717) is 5.69 Å². The maximum Gasteiger partial charge on any atom is 0.276 e. The molecular formula is C15H14N2O2S. The lowest BCUT2D eigenvalue weighted by Crippen LogP contribution is -2.25. The summed E-state index contributed by atoms with van der Waals surface area (Å²) >= 11 is 0. The van der Waals surface area contributed by atoms with Gasteiger partial charge in [-0.15, -0.1) is 0 Å². The van der Waals surface area contributed by atoms with Crippen LogP contribution < -0.4 is 4.31 Å². The number of nitrogens with zero attached hydrogens (tertiary/aromatic N) is 2. The molecule has 0 aromatic heterocycles. The molecule has 0 bridgehead atoms. The van der Waals surface area contributed by atoms with Crippen LogP contribution in [0.1, 0.15) is 11.1 Å². The van der Waals surface area contributed by atoms with E-state index in [-0.39, 0.29) is 4.90 Å². The number of anilines is 1. The molecule has 0 atom stereocenters. The van der Waals surface area contributed by atoms with Crippen molar-refractivity contribution in [2.24, 2.45) is 0 Å². The largest absolute Gasteiger partial charge is 0.276 e. The van der Waals surface area contributed by atoms with E-state index in [2.05, 4.69) is 0 Å². The Morgan fingerprint density at radius 2 is 1.35 bits per heavy atom. The van der Waals surface area contributed by atoms with Crippen LogP contribution in [0, 0.1) is 25.3 Å². The van der Waals surface area contributed by atoms with Gasteiger partial charge in [0.25, 0.3) is 10.0 Å². The van der Waals surface area contributed by atoms with Gasteiger partial charge in [-0.05, 0) is 38.1 Å². The van der Waals surface area contributed by atoms with Crippen molar-refractivity contribution in [1.82, 2.24) is 0 Å². The van der Waals surface area contributed by atoms with Gasteiger partial charge in [0.1, 0.15) is 0 Å². The predicted octanol–water partition coefficient (Wildman–Crippen LogP) is 2.98. The molecule has 102 valence electrons. The SMILES string of the molecule is Cc1ccc(N(C#N)S(=O)(=O)c2ccc(C)cc2)cc1. The standard InChI is InChI=1S/C15H14N2O2S/c1-12-3-7-14(8-4-12)17(11-16)20(18,19)15-9-5-13(2)6-10-15/h3-10H,1-2H3. The second-order valence-corrected chi connectivity index (χ2v) is 6.30. The van der Waals surface area contributed by atoms with Crippen LogP contribution >= 0.6 is 0 Å². The Balaban J connectivity index is 2.48. The summed E-state index contributed by atoms with van der Waals surface area (Å²) in [5.74, 6) is 0. The van der Waals surface area contributed by atoms with Crippen molar-refractivity contribution in [2.45, 2.75) is 18.7 Å². The van der Waals surface area contributed by atoms with E-state index in [4.69, 9.17) is 0 Å². The number of sulfonamides is 1. The monoisotopic (exact) mass is 286 g/mol. The maximum absolute atomic E-state index is 12.5. The van der Waals surface area contributed by atoms with Crippen molar-refractivity contribution in [2.75, 3.05) is 4.31 Å². The molecule has 0 aliphatic rings. The zero-order chi connectivity index (χ0) is 14.8. The summed E-state index contributed by atoms with van der Waals surface area (Å²) in [4.78, 5) is 0.102. The number of hydrogen-bond acceptors (Lipinski definition) is 3. The first-order valence-electron chi connectivity index (χ1n) is 6.03. The minimum absolute atomic E-state index is 0.102. The van der Waals surface area contributed by atoms with E-state index in [0.717, 1.165) is 15.4 Å². The number of rotatable bonds is 3. The molecule has 20 heavy (non-hydrogen) atoms. The number of aryl methyl sites for hydroxylation is 2. The molecule has 0 saturated heterocycles. The highest BCUT2D eigenvalue weighted by Gasteiger charge is 2.24. The summed E-state index contributed by atoms with van der Waals surface area (Å²) < 4.78 is 25.7. The van der Waals surface area contributed by atoms with Gasteiger partial charge in [-0.25, -0.2) is 0 Å². The van der Waals surface area contributed by atoms with Gasteiger partial charge in [-0.3, -0.25) is 0 Å². The van der Waals surface area contributed by atoms with Crippen LogP contribution in [0.2, 0.25) is 0 Å². The second-order valence-electron chi connectivity index (χ2n) is 4.52. The first-order chi connectivity index (χ1) is 9.45. The van der Waals surface area contributed by atoms with Gasteiger partial charge in [-0.1, -0.05) is 35.4 Å². The van der Waals surface area contributed by atoms with Gasteiger partial charge < -0.3 is 0 Å². The molecule has 2 aromatic rings. The fourth-order valence-electron chi connectivity index (χ4n) is 1.75. The first kappa shape index (κ1) is 14.1. The van der Waals surface area contributed by atoms with Crippen LogP contribution in [0.5, 0.6) is 0 Å². The summed E-state index contributed by atoms with van der Waals surface area (Å²) in [5, 5.41) is 9.20. The molecule has 0 aliphatic carbocycles. The third-order valence-corrected chi connectivity index (χ3v) is 4.56. The second kappa shape index (κ2) is 5.35. The average molecular weight is 286 g/mol. The summed E-state index contributed by atoms with van der Waals surface area (Å²) in [6, 6.07) is 13.2.